The first kappa shape index (κ1) is 19.5. The first-order valence-corrected chi connectivity index (χ1v) is 10.9. The zero-order valence-corrected chi connectivity index (χ0v) is 17.9. The number of benzene rings is 2. The van der Waals surface area contributed by atoms with Gasteiger partial charge in [0.25, 0.3) is 5.91 Å². The number of carbonyl (C=O) groups is 1. The lowest BCUT2D eigenvalue weighted by molar-refractivity contribution is 0.0741. The van der Waals surface area contributed by atoms with Gasteiger partial charge in [0.15, 0.2) is 16.6 Å². The van der Waals surface area contributed by atoms with Crippen LogP contribution in [0.25, 0.3) is 0 Å². The Hall–Kier alpha value is -3.46. The molecule has 2 aromatic carbocycles. The van der Waals surface area contributed by atoms with Gasteiger partial charge in [-0.25, -0.2) is 4.98 Å². The Morgan fingerprint density at radius 2 is 1.90 bits per heavy atom. The summed E-state index contributed by atoms with van der Waals surface area (Å²) in [5.41, 5.74) is 2.35. The zero-order valence-electron chi connectivity index (χ0n) is 17.0. The smallest absolute Gasteiger partial charge is 0.273 e. The molecule has 1 aromatic heterocycles. The van der Waals surface area contributed by atoms with Gasteiger partial charge in [-0.05, 0) is 24.3 Å². The van der Waals surface area contributed by atoms with Crippen LogP contribution in [0.15, 0.2) is 47.8 Å². The largest absolute Gasteiger partial charge is 0.495 e. The summed E-state index contributed by atoms with van der Waals surface area (Å²) >= 11 is 1.40. The molecule has 1 saturated heterocycles. The summed E-state index contributed by atoms with van der Waals surface area (Å²) in [6, 6.07) is 13.6. The van der Waals surface area contributed by atoms with Gasteiger partial charge < -0.3 is 29.3 Å². The lowest BCUT2D eigenvalue weighted by Gasteiger charge is -2.36. The summed E-state index contributed by atoms with van der Waals surface area (Å²) in [4.78, 5) is 21.5. The molecule has 2 aliphatic heterocycles. The van der Waals surface area contributed by atoms with Gasteiger partial charge in [-0.15, -0.1) is 11.3 Å². The number of para-hydroxylation sites is 2. The van der Waals surface area contributed by atoms with Crippen LogP contribution in [0.2, 0.25) is 0 Å². The van der Waals surface area contributed by atoms with Crippen molar-refractivity contribution >= 4 is 33.8 Å². The van der Waals surface area contributed by atoms with Crippen LogP contribution >= 0.6 is 11.3 Å². The number of ether oxygens (including phenoxy) is 3. The van der Waals surface area contributed by atoms with Crippen molar-refractivity contribution in [2.45, 2.75) is 0 Å². The minimum Gasteiger partial charge on any atom is -0.495 e. The Kier molecular flexibility index (Phi) is 5.25. The third kappa shape index (κ3) is 3.96. The molecule has 8 nitrogen and oxygen atoms in total. The first-order valence-electron chi connectivity index (χ1n) is 10.0. The Morgan fingerprint density at radius 1 is 1.10 bits per heavy atom. The van der Waals surface area contributed by atoms with E-state index >= 15 is 0 Å². The summed E-state index contributed by atoms with van der Waals surface area (Å²) < 4.78 is 16.2. The molecule has 2 aliphatic rings. The molecule has 0 radical (unpaired) electrons. The average Bonchev–Trinajstić information content (AvgIpc) is 3.48. The Morgan fingerprint density at radius 3 is 2.74 bits per heavy atom. The van der Waals surface area contributed by atoms with E-state index in [0.29, 0.717) is 29.7 Å². The van der Waals surface area contributed by atoms with Crippen LogP contribution in [0.4, 0.5) is 16.5 Å². The monoisotopic (exact) mass is 438 g/mol. The van der Waals surface area contributed by atoms with Crippen molar-refractivity contribution in [2.75, 3.05) is 50.3 Å². The fourth-order valence-electron chi connectivity index (χ4n) is 3.73. The second kappa shape index (κ2) is 8.35. The van der Waals surface area contributed by atoms with E-state index in [-0.39, 0.29) is 12.7 Å². The lowest BCUT2D eigenvalue weighted by Crippen LogP contribution is -2.49. The molecule has 3 aromatic rings. The summed E-state index contributed by atoms with van der Waals surface area (Å²) in [5.74, 6) is 2.23. The lowest BCUT2D eigenvalue weighted by atomic mass is 10.2. The van der Waals surface area contributed by atoms with Gasteiger partial charge in [-0.3, -0.25) is 4.79 Å². The minimum absolute atomic E-state index is 0.0466. The van der Waals surface area contributed by atoms with E-state index in [0.717, 1.165) is 36.0 Å². The fourth-order valence-corrected chi connectivity index (χ4v) is 4.44. The van der Waals surface area contributed by atoms with Crippen molar-refractivity contribution in [3.63, 3.8) is 0 Å². The summed E-state index contributed by atoms with van der Waals surface area (Å²) in [7, 11) is 1.68. The normalized spacial score (nSPS) is 15.1. The number of thiazole rings is 1. The van der Waals surface area contributed by atoms with Crippen molar-refractivity contribution in [1.29, 1.82) is 0 Å². The van der Waals surface area contributed by atoms with E-state index in [1.54, 1.807) is 12.5 Å². The molecule has 1 N–H and O–H groups in total. The number of rotatable bonds is 5. The van der Waals surface area contributed by atoms with Gasteiger partial charge in [-0.2, -0.15) is 0 Å². The number of nitrogens with one attached hydrogen (secondary N) is 1. The molecule has 0 unspecified atom stereocenters. The Balaban J connectivity index is 1.21. The van der Waals surface area contributed by atoms with Gasteiger partial charge >= 0.3 is 0 Å². The van der Waals surface area contributed by atoms with Crippen LogP contribution in [0, 0.1) is 0 Å². The van der Waals surface area contributed by atoms with Crippen molar-refractivity contribution in [3.05, 3.63) is 53.5 Å². The van der Waals surface area contributed by atoms with E-state index in [4.69, 9.17) is 14.2 Å². The summed E-state index contributed by atoms with van der Waals surface area (Å²) in [6.45, 7) is 3.01. The molecular weight excluding hydrogens is 416 g/mol. The van der Waals surface area contributed by atoms with Crippen LogP contribution in [0.5, 0.6) is 17.2 Å². The van der Waals surface area contributed by atoms with Crippen LogP contribution < -0.4 is 24.4 Å². The molecule has 3 heterocycles. The Bertz CT molecular complexity index is 1090. The van der Waals surface area contributed by atoms with Crippen molar-refractivity contribution in [3.8, 4) is 17.2 Å². The molecule has 0 saturated carbocycles. The second-order valence-electron chi connectivity index (χ2n) is 7.18. The number of hydrogen-bond donors (Lipinski definition) is 1. The number of nitrogens with zero attached hydrogens (tertiary/aromatic N) is 3. The van der Waals surface area contributed by atoms with E-state index in [1.165, 1.54) is 11.3 Å². The molecule has 160 valence electrons. The fraction of sp³-hybridized carbons (Fsp3) is 0.273. The van der Waals surface area contributed by atoms with Gasteiger partial charge in [0.2, 0.25) is 6.79 Å². The molecule has 0 bridgehead atoms. The number of carbonyl (C=O) groups excluding carboxylic acids is 1. The van der Waals surface area contributed by atoms with Crippen LogP contribution in [0.1, 0.15) is 10.5 Å². The zero-order chi connectivity index (χ0) is 21.2. The molecule has 0 aliphatic carbocycles. The molecule has 9 heteroatoms. The molecule has 0 spiro atoms. The summed E-state index contributed by atoms with van der Waals surface area (Å²) in [6.07, 6.45) is 0. The van der Waals surface area contributed by atoms with E-state index in [1.807, 2.05) is 47.4 Å². The minimum atomic E-state index is -0.0466. The van der Waals surface area contributed by atoms with E-state index in [9.17, 15) is 4.79 Å². The highest BCUT2D eigenvalue weighted by atomic mass is 32.1. The third-order valence-electron chi connectivity index (χ3n) is 5.34. The van der Waals surface area contributed by atoms with E-state index in [2.05, 4.69) is 15.2 Å². The van der Waals surface area contributed by atoms with Crippen LogP contribution in [-0.2, 0) is 0 Å². The number of amides is 1. The molecule has 1 fully saturated rings. The standard InChI is InChI=1S/C22H22N4O4S/c1-28-18-5-3-2-4-17(18)25-8-10-26(11-9-25)21(27)16-13-31-22(24-16)23-15-6-7-19-20(12-15)30-14-29-19/h2-7,12-13H,8-11,14H2,1H3,(H,23,24). The highest BCUT2D eigenvalue weighted by molar-refractivity contribution is 7.14. The van der Waals surface area contributed by atoms with Gasteiger partial charge in [-0.1, -0.05) is 12.1 Å². The predicted molar refractivity (Wildman–Crippen MR) is 119 cm³/mol. The topological polar surface area (TPSA) is 76.2 Å². The van der Waals surface area contributed by atoms with Gasteiger partial charge in [0.1, 0.15) is 11.4 Å². The third-order valence-corrected chi connectivity index (χ3v) is 6.10. The van der Waals surface area contributed by atoms with Gasteiger partial charge in [0.05, 0.1) is 12.8 Å². The molecule has 0 atom stereocenters. The first-order chi connectivity index (χ1) is 15.2. The van der Waals surface area contributed by atoms with Crippen molar-refractivity contribution in [2.24, 2.45) is 0 Å². The second-order valence-corrected chi connectivity index (χ2v) is 8.04. The quantitative estimate of drug-likeness (QED) is 0.652. The van der Waals surface area contributed by atoms with Crippen LogP contribution in [-0.4, -0.2) is 55.9 Å². The predicted octanol–water partition coefficient (Wildman–Crippen LogP) is 3.59. The average molecular weight is 439 g/mol. The number of aromatic nitrogens is 1. The van der Waals surface area contributed by atoms with Crippen LogP contribution in [0.3, 0.4) is 0 Å². The highest BCUT2D eigenvalue weighted by Gasteiger charge is 2.25. The summed E-state index contributed by atoms with van der Waals surface area (Å²) in [5, 5.41) is 5.69. The Labute approximate surface area is 184 Å². The van der Waals surface area contributed by atoms with Crippen molar-refractivity contribution < 1.29 is 19.0 Å². The molecule has 5 rings (SSSR count). The maximum atomic E-state index is 12.9. The number of hydrogen-bond acceptors (Lipinski definition) is 8. The maximum Gasteiger partial charge on any atom is 0.273 e. The SMILES string of the molecule is COc1ccccc1N1CCN(C(=O)c2csc(Nc3ccc4c(c3)OCO4)n2)CC1. The maximum absolute atomic E-state index is 12.9. The molecular formula is C22H22N4O4S. The number of fused-ring (bicyclic) bond motifs is 1. The highest BCUT2D eigenvalue weighted by Crippen LogP contribution is 2.35. The number of piperazine rings is 1. The molecule has 1 amide bonds. The number of methoxy groups -OCH3 is 1. The number of anilines is 3. The van der Waals surface area contributed by atoms with Crippen molar-refractivity contribution in [1.82, 2.24) is 9.88 Å². The van der Waals surface area contributed by atoms with Gasteiger partial charge in [0, 0.05) is 43.3 Å². The molecule has 31 heavy (non-hydrogen) atoms. The van der Waals surface area contributed by atoms with E-state index < -0.39 is 0 Å².